The van der Waals surface area contributed by atoms with E-state index in [1.54, 1.807) is 0 Å². The molecule has 0 radical (unpaired) electrons. The molecule has 6 nitrogen and oxygen atoms in total. The lowest BCUT2D eigenvalue weighted by Gasteiger charge is -2.00. The zero-order chi connectivity index (χ0) is 11.6. The minimum atomic E-state index is -1.37. The van der Waals surface area contributed by atoms with E-state index in [9.17, 15) is 14.4 Å². The van der Waals surface area contributed by atoms with Crippen LogP contribution in [0.1, 0.15) is 31.1 Å². The normalized spacial score (nSPS) is 8.47. The Balaban J connectivity index is 0. The average molecular weight is 283 g/mol. The third kappa shape index (κ3) is 4.29. The molecule has 0 saturated heterocycles. The highest BCUT2D eigenvalue weighted by atomic mass is 35.5. The van der Waals surface area contributed by atoms with Crippen molar-refractivity contribution in [2.45, 2.75) is 0 Å². The Morgan fingerprint density at radius 1 is 0.647 bits per heavy atom. The molecule has 1 aromatic rings. The van der Waals surface area contributed by atoms with E-state index >= 15 is 0 Å². The third-order valence-corrected chi connectivity index (χ3v) is 1.67. The van der Waals surface area contributed by atoms with E-state index in [4.69, 9.17) is 15.3 Å². The average Bonchev–Trinajstić information content (AvgIpc) is 2.16. The van der Waals surface area contributed by atoms with E-state index < -0.39 is 17.9 Å². The fraction of sp³-hybridized carbons (Fsp3) is 0. The fourth-order valence-electron chi connectivity index (χ4n) is 0.998. The minimum absolute atomic E-state index is 0. The molecule has 17 heavy (non-hydrogen) atoms. The molecule has 0 saturated carbocycles. The number of rotatable bonds is 3. The molecule has 0 amide bonds. The number of hydrogen-bond acceptors (Lipinski definition) is 3. The van der Waals surface area contributed by atoms with Gasteiger partial charge < -0.3 is 15.3 Å². The van der Waals surface area contributed by atoms with Crippen LogP contribution in [0.4, 0.5) is 0 Å². The van der Waals surface area contributed by atoms with Crippen molar-refractivity contribution in [2.24, 2.45) is 0 Å². The maximum absolute atomic E-state index is 10.6. The Hall–Kier alpha value is -1.79. The number of carboxylic acids is 3. The standard InChI is InChI=1S/C9H6O6.2ClH/c10-7(11)4-1-5(8(12)13)3-6(2-4)9(14)15;;/h1-3H,(H,10,11)(H,12,13)(H,14,15);2*1H. The van der Waals surface area contributed by atoms with Crippen molar-refractivity contribution < 1.29 is 29.7 Å². The van der Waals surface area contributed by atoms with Crippen LogP contribution in [0.3, 0.4) is 0 Å². The van der Waals surface area contributed by atoms with Crippen LogP contribution in [-0.2, 0) is 0 Å². The molecular weight excluding hydrogens is 275 g/mol. The van der Waals surface area contributed by atoms with Crippen LogP contribution < -0.4 is 0 Å². The van der Waals surface area contributed by atoms with E-state index in [1.165, 1.54) is 0 Å². The first kappa shape index (κ1) is 17.6. The maximum atomic E-state index is 10.6. The zero-order valence-electron chi connectivity index (χ0n) is 8.11. The molecule has 1 rings (SSSR count). The molecule has 0 heterocycles. The van der Waals surface area contributed by atoms with Gasteiger partial charge in [0.1, 0.15) is 0 Å². The van der Waals surface area contributed by atoms with Crippen molar-refractivity contribution in [3.8, 4) is 0 Å². The second-order valence-corrected chi connectivity index (χ2v) is 2.71. The summed E-state index contributed by atoms with van der Waals surface area (Å²) in [5.41, 5.74) is -1.10. The van der Waals surface area contributed by atoms with Gasteiger partial charge >= 0.3 is 17.9 Å². The number of benzene rings is 1. The molecule has 8 heteroatoms. The van der Waals surface area contributed by atoms with Crippen LogP contribution in [0.2, 0.25) is 0 Å². The predicted molar refractivity (Wildman–Crippen MR) is 61.8 cm³/mol. The van der Waals surface area contributed by atoms with Crippen molar-refractivity contribution in [1.82, 2.24) is 0 Å². The lowest BCUT2D eigenvalue weighted by Crippen LogP contribution is -2.07. The predicted octanol–water partition coefficient (Wildman–Crippen LogP) is 1.62. The molecule has 0 unspecified atom stereocenters. The van der Waals surface area contributed by atoms with Crippen LogP contribution in [0.15, 0.2) is 18.2 Å². The minimum Gasteiger partial charge on any atom is -0.478 e. The Bertz CT molecular complexity index is 378. The van der Waals surface area contributed by atoms with Gasteiger partial charge in [0.25, 0.3) is 0 Å². The summed E-state index contributed by atoms with van der Waals surface area (Å²) in [5.74, 6) is -4.12. The van der Waals surface area contributed by atoms with Gasteiger partial charge in [-0.1, -0.05) is 0 Å². The molecule has 3 N–H and O–H groups in total. The van der Waals surface area contributed by atoms with Crippen LogP contribution >= 0.6 is 24.8 Å². The SMILES string of the molecule is Cl.Cl.O=C(O)c1cc(C(=O)O)cc(C(=O)O)c1. The van der Waals surface area contributed by atoms with Crippen molar-refractivity contribution in [3.05, 3.63) is 34.9 Å². The van der Waals surface area contributed by atoms with Gasteiger partial charge in [0.15, 0.2) is 0 Å². The Labute approximate surface area is 108 Å². The molecule has 0 atom stereocenters. The first-order valence-corrected chi connectivity index (χ1v) is 3.77. The molecule has 0 aliphatic rings. The molecule has 0 aromatic heterocycles. The molecule has 0 spiro atoms. The highest BCUT2D eigenvalue weighted by Crippen LogP contribution is 2.11. The quantitative estimate of drug-likeness (QED) is 0.777. The van der Waals surface area contributed by atoms with Crippen molar-refractivity contribution >= 4 is 42.7 Å². The molecule has 0 aliphatic carbocycles. The molecule has 1 aromatic carbocycles. The summed E-state index contributed by atoms with van der Waals surface area (Å²) in [4.78, 5) is 31.7. The second kappa shape index (κ2) is 6.72. The smallest absolute Gasteiger partial charge is 0.335 e. The van der Waals surface area contributed by atoms with Gasteiger partial charge in [-0.3, -0.25) is 0 Å². The number of hydrogen-bond donors (Lipinski definition) is 3. The Morgan fingerprint density at radius 2 is 0.824 bits per heavy atom. The van der Waals surface area contributed by atoms with E-state index in [-0.39, 0.29) is 41.5 Å². The largest absolute Gasteiger partial charge is 0.478 e. The lowest BCUT2D eigenvalue weighted by molar-refractivity contribution is 0.0696. The van der Waals surface area contributed by atoms with E-state index in [1.807, 2.05) is 0 Å². The van der Waals surface area contributed by atoms with Crippen LogP contribution in [0.25, 0.3) is 0 Å². The summed E-state index contributed by atoms with van der Waals surface area (Å²) in [6.07, 6.45) is 0. The van der Waals surface area contributed by atoms with E-state index in [0.29, 0.717) is 0 Å². The monoisotopic (exact) mass is 282 g/mol. The highest BCUT2D eigenvalue weighted by Gasteiger charge is 2.14. The Morgan fingerprint density at radius 3 is 0.941 bits per heavy atom. The first-order valence-electron chi connectivity index (χ1n) is 3.77. The fourth-order valence-corrected chi connectivity index (χ4v) is 0.998. The van der Waals surface area contributed by atoms with Gasteiger partial charge in [0.2, 0.25) is 0 Å². The van der Waals surface area contributed by atoms with E-state index in [2.05, 4.69) is 0 Å². The lowest BCUT2D eigenvalue weighted by atomic mass is 10.1. The second-order valence-electron chi connectivity index (χ2n) is 2.71. The van der Waals surface area contributed by atoms with Gasteiger partial charge in [-0.25, -0.2) is 14.4 Å². The first-order chi connectivity index (χ1) is 6.91. The molecule has 94 valence electrons. The van der Waals surface area contributed by atoms with Crippen molar-refractivity contribution in [1.29, 1.82) is 0 Å². The molecule has 0 fully saturated rings. The number of aromatic carboxylic acids is 3. The van der Waals surface area contributed by atoms with Gasteiger partial charge in [0.05, 0.1) is 16.7 Å². The van der Waals surface area contributed by atoms with Crippen LogP contribution in [0.5, 0.6) is 0 Å². The molecule has 0 aliphatic heterocycles. The summed E-state index contributed by atoms with van der Waals surface area (Å²) >= 11 is 0. The summed E-state index contributed by atoms with van der Waals surface area (Å²) in [7, 11) is 0. The van der Waals surface area contributed by atoms with Gasteiger partial charge in [0, 0.05) is 0 Å². The van der Waals surface area contributed by atoms with E-state index in [0.717, 1.165) is 18.2 Å². The van der Waals surface area contributed by atoms with Crippen LogP contribution in [-0.4, -0.2) is 33.2 Å². The molecular formula is C9H8Cl2O6. The van der Waals surface area contributed by atoms with Crippen LogP contribution in [0, 0.1) is 0 Å². The number of carboxylic acid groups (broad SMARTS) is 3. The summed E-state index contributed by atoms with van der Waals surface area (Å²) in [6, 6.07) is 2.70. The zero-order valence-corrected chi connectivity index (χ0v) is 9.75. The van der Waals surface area contributed by atoms with Crippen molar-refractivity contribution in [2.75, 3.05) is 0 Å². The maximum Gasteiger partial charge on any atom is 0.335 e. The highest BCUT2D eigenvalue weighted by molar-refractivity contribution is 5.98. The summed E-state index contributed by atoms with van der Waals surface area (Å²) in [6.45, 7) is 0. The van der Waals surface area contributed by atoms with Gasteiger partial charge in [-0.05, 0) is 18.2 Å². The molecule has 0 bridgehead atoms. The summed E-state index contributed by atoms with van der Waals surface area (Å²) in [5, 5.41) is 25.8. The number of halogens is 2. The number of carbonyl (C=O) groups is 3. The third-order valence-electron chi connectivity index (χ3n) is 1.67. The van der Waals surface area contributed by atoms with Gasteiger partial charge in [-0.15, -0.1) is 24.8 Å². The topological polar surface area (TPSA) is 112 Å². The Kier molecular flexibility index (Phi) is 6.96. The summed E-state index contributed by atoms with van der Waals surface area (Å²) < 4.78 is 0. The van der Waals surface area contributed by atoms with Gasteiger partial charge in [-0.2, -0.15) is 0 Å². The van der Waals surface area contributed by atoms with Crippen molar-refractivity contribution in [3.63, 3.8) is 0 Å².